The van der Waals surface area contributed by atoms with Gasteiger partial charge in [-0.25, -0.2) is 4.79 Å². The van der Waals surface area contributed by atoms with E-state index >= 15 is 0 Å². The van der Waals surface area contributed by atoms with Crippen LogP contribution >= 0.6 is 0 Å². The zero-order chi connectivity index (χ0) is 12.8. The molecule has 6 nitrogen and oxygen atoms in total. The minimum absolute atomic E-state index is 0.101. The number of carboxylic acid groups (broad SMARTS) is 1. The molecule has 0 radical (unpaired) electrons. The zero-order valence-electron chi connectivity index (χ0n) is 9.68. The first-order valence-electron chi connectivity index (χ1n) is 5.59. The largest absolute Gasteiger partial charge is 0.480 e. The van der Waals surface area contributed by atoms with E-state index in [0.29, 0.717) is 13.0 Å². The molecule has 1 saturated heterocycles. The van der Waals surface area contributed by atoms with Gasteiger partial charge in [0.1, 0.15) is 12.1 Å². The van der Waals surface area contributed by atoms with Crippen molar-refractivity contribution < 1.29 is 19.4 Å². The van der Waals surface area contributed by atoms with Gasteiger partial charge in [-0.2, -0.15) is 5.26 Å². The number of hydrogen-bond donors (Lipinski definition) is 2. The number of aliphatic carboxylic acids is 1. The molecule has 2 N–H and O–H groups in total. The Morgan fingerprint density at radius 1 is 1.65 bits per heavy atom. The minimum atomic E-state index is -1.13. The van der Waals surface area contributed by atoms with Crippen LogP contribution in [-0.2, 0) is 14.3 Å². The van der Waals surface area contributed by atoms with Crippen LogP contribution in [-0.4, -0.2) is 35.7 Å². The van der Waals surface area contributed by atoms with Crippen LogP contribution in [0.15, 0.2) is 0 Å². The first kappa shape index (κ1) is 13.5. The molecule has 0 aromatic rings. The van der Waals surface area contributed by atoms with Gasteiger partial charge in [0.25, 0.3) is 0 Å². The predicted octanol–water partition coefficient (Wildman–Crippen LogP) is 0.285. The van der Waals surface area contributed by atoms with Gasteiger partial charge in [0.2, 0.25) is 5.91 Å². The van der Waals surface area contributed by atoms with Gasteiger partial charge in [-0.3, -0.25) is 4.79 Å². The lowest BCUT2D eigenvalue weighted by Crippen LogP contribution is -2.46. The van der Waals surface area contributed by atoms with Crippen LogP contribution in [0.4, 0.5) is 0 Å². The molecule has 0 aliphatic carbocycles. The second-order valence-corrected chi connectivity index (χ2v) is 4.17. The maximum absolute atomic E-state index is 11.6. The smallest absolute Gasteiger partial charge is 0.326 e. The van der Waals surface area contributed by atoms with E-state index in [1.165, 1.54) is 0 Å². The van der Waals surface area contributed by atoms with Crippen LogP contribution in [0, 0.1) is 17.2 Å². The molecule has 0 unspecified atom stereocenters. The third kappa shape index (κ3) is 4.04. The lowest BCUT2D eigenvalue weighted by atomic mass is 10.0. The molecule has 3 atom stereocenters. The Kier molecular flexibility index (Phi) is 4.91. The van der Waals surface area contributed by atoms with Gasteiger partial charge >= 0.3 is 5.97 Å². The van der Waals surface area contributed by atoms with Crippen molar-refractivity contribution in [2.45, 2.75) is 38.3 Å². The van der Waals surface area contributed by atoms with Gasteiger partial charge in [0.05, 0.1) is 6.07 Å². The number of rotatable bonds is 5. The molecule has 1 heterocycles. The molecule has 0 aromatic carbocycles. The summed E-state index contributed by atoms with van der Waals surface area (Å²) in [5.41, 5.74) is 0. The van der Waals surface area contributed by atoms with Gasteiger partial charge < -0.3 is 15.2 Å². The first-order chi connectivity index (χ1) is 8.04. The molecule has 1 rings (SSSR count). The Bertz CT molecular complexity index is 331. The lowest BCUT2D eigenvalue weighted by molar-refractivity contribution is -0.144. The molecule has 1 aliphatic rings. The average molecular weight is 240 g/mol. The zero-order valence-corrected chi connectivity index (χ0v) is 9.68. The predicted molar refractivity (Wildman–Crippen MR) is 57.9 cm³/mol. The Hall–Kier alpha value is -1.61. The molecule has 1 fully saturated rings. The number of amides is 1. The number of hydrogen-bond acceptors (Lipinski definition) is 4. The standard InChI is InChI=1S/C11H16N2O4/c1-7(6-12)5-8(11(15)16)13-10(14)9-3-2-4-17-9/h7-9H,2-5H2,1H3,(H,13,14)(H,15,16)/t7-,8-,9+/m1/s1. The molecule has 0 bridgehead atoms. The fourth-order valence-electron chi connectivity index (χ4n) is 1.68. The van der Waals surface area contributed by atoms with Crippen molar-refractivity contribution in [3.8, 4) is 6.07 Å². The fraction of sp³-hybridized carbons (Fsp3) is 0.727. The average Bonchev–Trinajstić information content (AvgIpc) is 2.81. The highest BCUT2D eigenvalue weighted by Gasteiger charge is 2.28. The molecular formula is C11H16N2O4. The van der Waals surface area contributed by atoms with Crippen molar-refractivity contribution in [2.75, 3.05) is 6.61 Å². The molecular weight excluding hydrogens is 224 g/mol. The van der Waals surface area contributed by atoms with Crippen LogP contribution in [0.25, 0.3) is 0 Å². The van der Waals surface area contributed by atoms with Crippen molar-refractivity contribution >= 4 is 11.9 Å². The number of nitrogens with zero attached hydrogens (tertiary/aromatic N) is 1. The Balaban J connectivity index is 2.51. The fourth-order valence-corrected chi connectivity index (χ4v) is 1.68. The SMILES string of the molecule is C[C@@H](C#N)C[C@@H](NC(=O)[C@@H]1CCCO1)C(=O)O. The van der Waals surface area contributed by atoms with Crippen LogP contribution < -0.4 is 5.32 Å². The van der Waals surface area contributed by atoms with Gasteiger partial charge in [-0.05, 0) is 26.2 Å². The first-order valence-corrected chi connectivity index (χ1v) is 5.59. The molecule has 17 heavy (non-hydrogen) atoms. The summed E-state index contributed by atoms with van der Waals surface area (Å²) in [6, 6.07) is 0.921. The van der Waals surface area contributed by atoms with Crippen molar-refractivity contribution in [2.24, 2.45) is 5.92 Å². The molecule has 0 saturated carbocycles. The van der Waals surface area contributed by atoms with Crippen molar-refractivity contribution in [1.29, 1.82) is 5.26 Å². The van der Waals surface area contributed by atoms with Crippen molar-refractivity contribution in [3.05, 3.63) is 0 Å². The van der Waals surface area contributed by atoms with E-state index in [-0.39, 0.29) is 6.42 Å². The second kappa shape index (κ2) is 6.21. The van der Waals surface area contributed by atoms with E-state index in [0.717, 1.165) is 6.42 Å². The second-order valence-electron chi connectivity index (χ2n) is 4.17. The third-order valence-corrected chi connectivity index (χ3v) is 2.65. The van der Waals surface area contributed by atoms with Gasteiger partial charge in [0, 0.05) is 12.5 Å². The van der Waals surface area contributed by atoms with Crippen LogP contribution in [0.2, 0.25) is 0 Å². The summed E-state index contributed by atoms with van der Waals surface area (Å²) in [5.74, 6) is -1.95. The number of ether oxygens (including phenoxy) is 1. The molecule has 0 spiro atoms. The van der Waals surface area contributed by atoms with E-state index in [1.807, 2.05) is 6.07 Å². The van der Waals surface area contributed by atoms with Gasteiger partial charge in [-0.15, -0.1) is 0 Å². The Morgan fingerprint density at radius 3 is 2.82 bits per heavy atom. The summed E-state index contributed by atoms with van der Waals surface area (Å²) in [5, 5.41) is 20.0. The van der Waals surface area contributed by atoms with Crippen molar-refractivity contribution in [3.63, 3.8) is 0 Å². The summed E-state index contributed by atoms with van der Waals surface area (Å²) in [7, 11) is 0. The number of nitriles is 1. The number of carbonyl (C=O) groups excluding carboxylic acids is 1. The maximum Gasteiger partial charge on any atom is 0.326 e. The normalized spacial score (nSPS) is 22.5. The number of carbonyl (C=O) groups is 2. The highest BCUT2D eigenvalue weighted by atomic mass is 16.5. The lowest BCUT2D eigenvalue weighted by Gasteiger charge is -2.17. The minimum Gasteiger partial charge on any atom is -0.480 e. The van der Waals surface area contributed by atoms with E-state index < -0.39 is 29.9 Å². The van der Waals surface area contributed by atoms with Gasteiger partial charge in [0.15, 0.2) is 0 Å². The van der Waals surface area contributed by atoms with E-state index in [4.69, 9.17) is 15.1 Å². The van der Waals surface area contributed by atoms with Gasteiger partial charge in [-0.1, -0.05) is 0 Å². The van der Waals surface area contributed by atoms with Crippen LogP contribution in [0.3, 0.4) is 0 Å². The Labute approximate surface area is 99.6 Å². The molecule has 1 amide bonds. The Morgan fingerprint density at radius 2 is 2.35 bits per heavy atom. The molecule has 1 aliphatic heterocycles. The van der Waals surface area contributed by atoms with Crippen molar-refractivity contribution in [1.82, 2.24) is 5.32 Å². The third-order valence-electron chi connectivity index (χ3n) is 2.65. The number of nitrogens with one attached hydrogen (secondary N) is 1. The maximum atomic E-state index is 11.6. The van der Waals surface area contributed by atoms with E-state index in [9.17, 15) is 9.59 Å². The molecule has 0 aromatic heterocycles. The van der Waals surface area contributed by atoms with E-state index in [1.54, 1.807) is 6.92 Å². The summed E-state index contributed by atoms with van der Waals surface area (Å²) in [4.78, 5) is 22.6. The summed E-state index contributed by atoms with van der Waals surface area (Å²) >= 11 is 0. The topological polar surface area (TPSA) is 99.4 Å². The monoisotopic (exact) mass is 240 g/mol. The quantitative estimate of drug-likeness (QED) is 0.719. The van der Waals surface area contributed by atoms with E-state index in [2.05, 4.69) is 5.32 Å². The number of carboxylic acids is 1. The summed E-state index contributed by atoms with van der Waals surface area (Å²) in [6.07, 6.45) is 0.981. The van der Waals surface area contributed by atoms with Crippen LogP contribution in [0.5, 0.6) is 0 Å². The highest BCUT2D eigenvalue weighted by Crippen LogP contribution is 2.13. The highest BCUT2D eigenvalue weighted by molar-refractivity contribution is 5.86. The molecule has 6 heteroatoms. The van der Waals surface area contributed by atoms with Crippen LogP contribution in [0.1, 0.15) is 26.2 Å². The molecule has 94 valence electrons. The summed E-state index contributed by atoms with van der Waals surface area (Å²) in [6.45, 7) is 2.15. The summed E-state index contributed by atoms with van der Waals surface area (Å²) < 4.78 is 5.16.